The van der Waals surface area contributed by atoms with E-state index in [2.05, 4.69) is 10.9 Å². The molecule has 0 N–H and O–H groups in total. The molecule has 1 fully saturated rings. The van der Waals surface area contributed by atoms with Crippen molar-refractivity contribution in [1.82, 2.24) is 9.29 Å². The standard InChI is InChI=1S/C16H19F3N2O2S/c1-2-3-10-21(12-13-6-4-5-7-13)24(22,23)15-11-20-9-8-14(15)16(17,18)19/h1,8-9,11,13H,3-7,10,12H2. The number of terminal acetylenes is 1. The Balaban J connectivity index is 2.38. The molecule has 1 heterocycles. The lowest BCUT2D eigenvalue weighted by Crippen LogP contribution is -2.36. The summed E-state index contributed by atoms with van der Waals surface area (Å²) in [7, 11) is -4.32. The predicted molar refractivity (Wildman–Crippen MR) is 83.4 cm³/mol. The average Bonchev–Trinajstić information content (AvgIpc) is 3.03. The predicted octanol–water partition coefficient (Wildman–Crippen LogP) is 3.30. The highest BCUT2D eigenvalue weighted by atomic mass is 32.2. The number of pyridine rings is 1. The Hall–Kier alpha value is -1.59. The molecule has 24 heavy (non-hydrogen) atoms. The maximum absolute atomic E-state index is 13.2. The van der Waals surface area contributed by atoms with E-state index in [0.717, 1.165) is 42.4 Å². The van der Waals surface area contributed by atoms with Gasteiger partial charge in [-0.3, -0.25) is 4.98 Å². The van der Waals surface area contributed by atoms with Crippen LogP contribution in [0.15, 0.2) is 23.4 Å². The number of aromatic nitrogens is 1. The van der Waals surface area contributed by atoms with Crippen LogP contribution < -0.4 is 0 Å². The molecule has 0 radical (unpaired) electrons. The highest BCUT2D eigenvalue weighted by molar-refractivity contribution is 7.89. The molecule has 1 aromatic rings. The molecule has 1 aliphatic rings. The van der Waals surface area contributed by atoms with Crippen LogP contribution in [-0.2, 0) is 16.2 Å². The van der Waals surface area contributed by atoms with Gasteiger partial charge in [0.2, 0.25) is 10.0 Å². The van der Waals surface area contributed by atoms with Gasteiger partial charge in [0.1, 0.15) is 4.90 Å². The molecule has 0 atom stereocenters. The van der Waals surface area contributed by atoms with Gasteiger partial charge in [-0.1, -0.05) is 12.8 Å². The first-order valence-electron chi connectivity index (χ1n) is 7.71. The van der Waals surface area contributed by atoms with Crippen LogP contribution in [0.3, 0.4) is 0 Å². The van der Waals surface area contributed by atoms with Crippen LogP contribution >= 0.6 is 0 Å². The first-order valence-corrected chi connectivity index (χ1v) is 9.15. The van der Waals surface area contributed by atoms with Crippen molar-refractivity contribution in [2.24, 2.45) is 5.92 Å². The number of nitrogens with zero attached hydrogens (tertiary/aromatic N) is 2. The number of sulfonamides is 1. The van der Waals surface area contributed by atoms with Crippen LogP contribution in [0, 0.1) is 18.3 Å². The van der Waals surface area contributed by atoms with E-state index in [0.29, 0.717) is 6.07 Å². The quantitative estimate of drug-likeness (QED) is 0.732. The van der Waals surface area contributed by atoms with Crippen LogP contribution in [0.4, 0.5) is 13.2 Å². The summed E-state index contributed by atoms with van der Waals surface area (Å²) in [5.74, 6) is 2.50. The van der Waals surface area contributed by atoms with Gasteiger partial charge in [-0.05, 0) is 24.8 Å². The molecule has 2 rings (SSSR count). The van der Waals surface area contributed by atoms with Crippen LogP contribution in [0.25, 0.3) is 0 Å². The topological polar surface area (TPSA) is 50.3 Å². The highest BCUT2D eigenvalue weighted by Gasteiger charge is 2.39. The molecule has 0 amide bonds. The summed E-state index contributed by atoms with van der Waals surface area (Å²) >= 11 is 0. The number of hydrogen-bond donors (Lipinski definition) is 0. The van der Waals surface area contributed by atoms with Crippen LogP contribution in [0.2, 0.25) is 0 Å². The largest absolute Gasteiger partial charge is 0.417 e. The van der Waals surface area contributed by atoms with Gasteiger partial charge < -0.3 is 0 Å². The lowest BCUT2D eigenvalue weighted by atomic mass is 10.1. The zero-order valence-corrected chi connectivity index (χ0v) is 13.9. The van der Waals surface area contributed by atoms with E-state index in [1.54, 1.807) is 0 Å². The van der Waals surface area contributed by atoms with Crippen LogP contribution in [0.1, 0.15) is 37.7 Å². The highest BCUT2D eigenvalue weighted by Crippen LogP contribution is 2.35. The van der Waals surface area contributed by atoms with Crippen LogP contribution in [0.5, 0.6) is 0 Å². The fourth-order valence-corrected chi connectivity index (χ4v) is 4.61. The third kappa shape index (κ3) is 4.28. The van der Waals surface area contributed by atoms with Crippen LogP contribution in [-0.4, -0.2) is 30.8 Å². The number of hydrogen-bond acceptors (Lipinski definition) is 3. The monoisotopic (exact) mass is 360 g/mol. The molecule has 4 nitrogen and oxygen atoms in total. The van der Waals surface area contributed by atoms with Gasteiger partial charge in [-0.2, -0.15) is 17.5 Å². The molecular weight excluding hydrogens is 341 g/mol. The molecule has 0 unspecified atom stereocenters. The fourth-order valence-electron chi connectivity index (χ4n) is 2.94. The third-order valence-corrected chi connectivity index (χ3v) is 6.04. The van der Waals surface area contributed by atoms with Crippen molar-refractivity contribution >= 4 is 10.0 Å². The molecule has 132 valence electrons. The normalized spacial score (nSPS) is 16.5. The van der Waals surface area contributed by atoms with Gasteiger partial charge >= 0.3 is 6.18 Å². The summed E-state index contributed by atoms with van der Waals surface area (Å²) in [6.45, 7) is 0.192. The maximum atomic E-state index is 13.2. The van der Waals surface area contributed by atoms with Crippen molar-refractivity contribution in [2.45, 2.75) is 43.2 Å². The number of alkyl halides is 3. The summed E-state index contributed by atoms with van der Waals surface area (Å²) in [5, 5.41) is 0. The Bertz CT molecular complexity index is 705. The van der Waals surface area contributed by atoms with E-state index in [-0.39, 0.29) is 25.4 Å². The Morgan fingerprint density at radius 3 is 2.58 bits per heavy atom. The van der Waals surface area contributed by atoms with Gasteiger partial charge in [0.05, 0.1) is 5.56 Å². The molecule has 0 aromatic carbocycles. The smallest absolute Gasteiger partial charge is 0.263 e. The van der Waals surface area contributed by atoms with E-state index < -0.39 is 26.7 Å². The van der Waals surface area contributed by atoms with E-state index >= 15 is 0 Å². The molecule has 0 saturated heterocycles. The zero-order valence-electron chi connectivity index (χ0n) is 13.1. The van der Waals surface area contributed by atoms with Crippen molar-refractivity contribution < 1.29 is 21.6 Å². The molecule has 0 aliphatic heterocycles. The SMILES string of the molecule is C#CCCN(CC1CCCC1)S(=O)(=O)c1cnccc1C(F)(F)F. The second kappa shape index (κ2) is 7.53. The summed E-state index contributed by atoms with van der Waals surface area (Å²) in [4.78, 5) is 2.76. The van der Waals surface area contributed by atoms with E-state index in [1.807, 2.05) is 0 Å². The zero-order chi connectivity index (χ0) is 17.8. The molecule has 1 aromatic heterocycles. The molecule has 0 bridgehead atoms. The van der Waals surface area contributed by atoms with Crippen molar-refractivity contribution in [2.75, 3.05) is 13.1 Å². The molecule has 8 heteroatoms. The minimum atomic E-state index is -4.77. The average molecular weight is 360 g/mol. The summed E-state index contributed by atoms with van der Waals surface area (Å²) in [6.07, 6.45) is 6.05. The van der Waals surface area contributed by atoms with E-state index in [1.165, 1.54) is 0 Å². The number of halogens is 3. The van der Waals surface area contributed by atoms with Gasteiger partial charge in [0.15, 0.2) is 0 Å². The first-order chi connectivity index (χ1) is 11.3. The molecular formula is C16H19F3N2O2S. The van der Waals surface area contributed by atoms with Crippen molar-refractivity contribution in [1.29, 1.82) is 0 Å². The first kappa shape index (κ1) is 18.7. The number of rotatable bonds is 6. The minimum Gasteiger partial charge on any atom is -0.263 e. The van der Waals surface area contributed by atoms with Gasteiger partial charge in [-0.25, -0.2) is 8.42 Å². The Morgan fingerprint density at radius 1 is 1.33 bits per heavy atom. The maximum Gasteiger partial charge on any atom is 0.417 e. The van der Waals surface area contributed by atoms with E-state index in [4.69, 9.17) is 6.42 Å². The van der Waals surface area contributed by atoms with Crippen molar-refractivity contribution in [3.63, 3.8) is 0 Å². The fraction of sp³-hybridized carbons (Fsp3) is 0.562. The molecule has 0 spiro atoms. The van der Waals surface area contributed by atoms with Gasteiger partial charge in [0, 0.05) is 31.9 Å². The third-order valence-electron chi connectivity index (χ3n) is 4.15. The molecule has 1 saturated carbocycles. The Labute approximate surface area is 140 Å². The lowest BCUT2D eigenvalue weighted by molar-refractivity contribution is -0.140. The second-order valence-corrected chi connectivity index (χ2v) is 7.74. The van der Waals surface area contributed by atoms with Gasteiger partial charge in [0.25, 0.3) is 0 Å². The second-order valence-electron chi connectivity index (χ2n) is 5.84. The summed E-state index contributed by atoms with van der Waals surface area (Å²) in [6, 6.07) is 0.682. The van der Waals surface area contributed by atoms with Crippen molar-refractivity contribution in [3.8, 4) is 12.3 Å². The van der Waals surface area contributed by atoms with Crippen molar-refractivity contribution in [3.05, 3.63) is 24.0 Å². The summed E-state index contributed by atoms with van der Waals surface area (Å²) in [5.41, 5.74) is -1.20. The molecule has 1 aliphatic carbocycles. The summed E-state index contributed by atoms with van der Waals surface area (Å²) < 4.78 is 66.2. The van der Waals surface area contributed by atoms with E-state index in [9.17, 15) is 21.6 Å². The minimum absolute atomic E-state index is 0.00151. The lowest BCUT2D eigenvalue weighted by Gasteiger charge is -2.25. The Kier molecular flexibility index (Phi) is 5.88. The van der Waals surface area contributed by atoms with Gasteiger partial charge in [-0.15, -0.1) is 12.3 Å². The Morgan fingerprint density at radius 2 is 2.00 bits per heavy atom.